The third-order valence-electron chi connectivity index (χ3n) is 6.45. The van der Waals surface area contributed by atoms with Gasteiger partial charge in [-0.25, -0.2) is 9.50 Å². The summed E-state index contributed by atoms with van der Waals surface area (Å²) in [4.78, 5) is 32.4. The third-order valence-corrected chi connectivity index (χ3v) is 7.46. The second-order valence-electron chi connectivity index (χ2n) is 9.11. The van der Waals surface area contributed by atoms with Gasteiger partial charge in [0.15, 0.2) is 11.3 Å². The fraction of sp³-hybridized carbons (Fsp3) is 0.308. The number of aromatic nitrogens is 5. The van der Waals surface area contributed by atoms with Crippen LogP contribution in [0.25, 0.3) is 11.2 Å². The highest BCUT2D eigenvalue weighted by molar-refractivity contribution is 7.10. The molecule has 1 aliphatic rings. The molecule has 1 aliphatic heterocycles. The number of para-hydroxylation sites is 1. The van der Waals surface area contributed by atoms with Crippen LogP contribution < -0.4 is 5.32 Å². The number of benzene rings is 1. The number of likely N-dealkylation sites (tertiary alicyclic amines) is 1. The molecule has 0 unspecified atom stereocenters. The normalized spacial score (nSPS) is 14.2. The number of nitrogens with zero attached hydrogens (tertiary/aromatic N) is 6. The van der Waals surface area contributed by atoms with Crippen molar-refractivity contribution in [3.05, 3.63) is 75.6 Å². The maximum Gasteiger partial charge on any atom is 0.276 e. The highest BCUT2D eigenvalue weighted by atomic mass is 32.1. The summed E-state index contributed by atoms with van der Waals surface area (Å²) in [6.07, 6.45) is 1.54. The Hall–Kier alpha value is -3.92. The first-order valence-electron chi connectivity index (χ1n) is 11.8. The van der Waals surface area contributed by atoms with Crippen molar-refractivity contribution in [1.82, 2.24) is 29.7 Å². The summed E-state index contributed by atoms with van der Waals surface area (Å²) in [7, 11) is 0. The Balaban J connectivity index is 1.23. The largest absolute Gasteiger partial charge is 0.337 e. The molecule has 5 rings (SSSR count). The van der Waals surface area contributed by atoms with E-state index in [2.05, 4.69) is 32.2 Å². The molecule has 4 heterocycles. The minimum Gasteiger partial charge on any atom is -0.337 e. The first-order chi connectivity index (χ1) is 17.3. The van der Waals surface area contributed by atoms with Crippen molar-refractivity contribution in [3.63, 3.8) is 0 Å². The second-order valence-corrected chi connectivity index (χ2v) is 10.00. The molecule has 4 aromatic rings. The number of thiazole rings is 1. The van der Waals surface area contributed by atoms with Gasteiger partial charge in [-0.2, -0.15) is 5.10 Å². The van der Waals surface area contributed by atoms with Gasteiger partial charge in [-0.3, -0.25) is 9.59 Å². The lowest BCUT2D eigenvalue weighted by Gasteiger charge is -2.31. The Morgan fingerprint density at radius 3 is 2.64 bits per heavy atom. The number of allylic oxidation sites excluding steroid dienone is 1. The van der Waals surface area contributed by atoms with Gasteiger partial charge in [-0.15, -0.1) is 21.5 Å². The van der Waals surface area contributed by atoms with Gasteiger partial charge in [0.1, 0.15) is 5.69 Å². The lowest BCUT2D eigenvalue weighted by molar-refractivity contribution is 0.0704. The van der Waals surface area contributed by atoms with E-state index in [1.54, 1.807) is 9.90 Å². The van der Waals surface area contributed by atoms with Crippen molar-refractivity contribution in [2.45, 2.75) is 39.5 Å². The molecule has 2 amide bonds. The molecule has 0 bridgehead atoms. The third kappa shape index (κ3) is 4.51. The summed E-state index contributed by atoms with van der Waals surface area (Å²) >= 11 is 1.49. The standard InChI is InChI=1S/C26H27N7O2S/c1-15(2)19-7-5-6-8-20(19)27-24(34)21-14-36-25(28-21)18-9-11-32(12-10-18)26(35)23-17(4)33-22(29-30-23)13-16(3)31-33/h5-8,13-14,18H,1,9-12H2,2-4H3,(H,27,34). The molecule has 0 atom stereocenters. The first-order valence-corrected chi connectivity index (χ1v) is 12.7. The maximum absolute atomic E-state index is 13.2. The van der Waals surface area contributed by atoms with Gasteiger partial charge in [0.05, 0.1) is 16.4 Å². The summed E-state index contributed by atoms with van der Waals surface area (Å²) in [5.74, 6) is -0.173. The lowest BCUT2D eigenvalue weighted by atomic mass is 9.97. The average molecular weight is 502 g/mol. The van der Waals surface area contributed by atoms with E-state index in [-0.39, 0.29) is 17.7 Å². The smallest absolute Gasteiger partial charge is 0.276 e. The highest BCUT2D eigenvalue weighted by Gasteiger charge is 2.29. The van der Waals surface area contributed by atoms with Gasteiger partial charge in [0.2, 0.25) is 0 Å². The Morgan fingerprint density at radius 2 is 1.89 bits per heavy atom. The van der Waals surface area contributed by atoms with E-state index < -0.39 is 0 Å². The van der Waals surface area contributed by atoms with Crippen molar-refractivity contribution in [2.75, 3.05) is 18.4 Å². The monoisotopic (exact) mass is 501 g/mol. The molecule has 1 saturated heterocycles. The number of rotatable bonds is 5. The number of anilines is 1. The van der Waals surface area contributed by atoms with Crippen LogP contribution in [0.3, 0.4) is 0 Å². The minimum absolute atomic E-state index is 0.135. The van der Waals surface area contributed by atoms with Crippen LogP contribution in [-0.2, 0) is 0 Å². The lowest BCUT2D eigenvalue weighted by Crippen LogP contribution is -2.39. The summed E-state index contributed by atoms with van der Waals surface area (Å²) in [5, 5.41) is 18.4. The van der Waals surface area contributed by atoms with Crippen molar-refractivity contribution in [3.8, 4) is 0 Å². The molecule has 0 saturated carbocycles. The predicted octanol–water partition coefficient (Wildman–Crippen LogP) is 4.50. The zero-order valence-corrected chi connectivity index (χ0v) is 21.3. The molecule has 0 spiro atoms. The van der Waals surface area contributed by atoms with E-state index in [9.17, 15) is 9.59 Å². The SMILES string of the molecule is C=C(C)c1ccccc1NC(=O)c1csc(C2CCN(C(=O)c3nnc4cc(C)nn4c3C)CC2)n1. The summed E-state index contributed by atoms with van der Waals surface area (Å²) in [5.41, 5.74) is 5.38. The molecule has 0 radical (unpaired) electrons. The number of amides is 2. The molecule has 9 nitrogen and oxygen atoms in total. The zero-order valence-electron chi connectivity index (χ0n) is 20.5. The second kappa shape index (κ2) is 9.62. The van der Waals surface area contributed by atoms with E-state index in [1.165, 1.54) is 11.3 Å². The number of piperidine rings is 1. The Bertz CT molecular complexity index is 1480. The van der Waals surface area contributed by atoms with Crippen molar-refractivity contribution in [1.29, 1.82) is 0 Å². The van der Waals surface area contributed by atoms with Crippen molar-refractivity contribution in [2.24, 2.45) is 0 Å². The molecular formula is C26H27N7O2S. The number of nitrogens with one attached hydrogen (secondary N) is 1. The Kier molecular flexibility index (Phi) is 6.36. The summed E-state index contributed by atoms with van der Waals surface area (Å²) in [6, 6.07) is 9.43. The summed E-state index contributed by atoms with van der Waals surface area (Å²) in [6.45, 7) is 10.8. The van der Waals surface area contributed by atoms with E-state index in [0.717, 1.165) is 40.4 Å². The Labute approximate surface area is 212 Å². The zero-order chi connectivity index (χ0) is 25.4. The van der Waals surface area contributed by atoms with E-state index in [0.29, 0.717) is 35.8 Å². The van der Waals surface area contributed by atoms with Gasteiger partial charge >= 0.3 is 0 Å². The van der Waals surface area contributed by atoms with Crippen LogP contribution in [0.15, 0.2) is 42.3 Å². The number of hydrogen-bond acceptors (Lipinski definition) is 7. The predicted molar refractivity (Wildman–Crippen MR) is 139 cm³/mol. The molecule has 0 aliphatic carbocycles. The number of aryl methyl sites for hydroxylation is 2. The van der Waals surface area contributed by atoms with Gasteiger partial charge in [0, 0.05) is 41.7 Å². The molecule has 1 N–H and O–H groups in total. The van der Waals surface area contributed by atoms with Gasteiger partial charge in [-0.05, 0) is 45.3 Å². The van der Waals surface area contributed by atoms with Crippen LogP contribution in [-0.4, -0.2) is 54.6 Å². The molecule has 36 heavy (non-hydrogen) atoms. The van der Waals surface area contributed by atoms with E-state index >= 15 is 0 Å². The fourth-order valence-electron chi connectivity index (χ4n) is 4.48. The minimum atomic E-state index is -0.239. The van der Waals surface area contributed by atoms with Crippen LogP contribution in [0, 0.1) is 13.8 Å². The number of fused-ring (bicyclic) bond motifs is 1. The maximum atomic E-state index is 13.2. The Morgan fingerprint density at radius 1 is 1.14 bits per heavy atom. The van der Waals surface area contributed by atoms with Gasteiger partial charge in [0.25, 0.3) is 11.8 Å². The van der Waals surface area contributed by atoms with Crippen LogP contribution in [0.4, 0.5) is 5.69 Å². The van der Waals surface area contributed by atoms with Gasteiger partial charge < -0.3 is 10.2 Å². The molecule has 1 aromatic carbocycles. The van der Waals surface area contributed by atoms with E-state index in [4.69, 9.17) is 0 Å². The van der Waals surface area contributed by atoms with Crippen LogP contribution in [0.2, 0.25) is 0 Å². The van der Waals surface area contributed by atoms with Crippen LogP contribution in [0.1, 0.15) is 68.6 Å². The molecule has 3 aromatic heterocycles. The van der Waals surface area contributed by atoms with Crippen LogP contribution in [0.5, 0.6) is 0 Å². The topological polar surface area (TPSA) is 105 Å². The van der Waals surface area contributed by atoms with Gasteiger partial charge in [-0.1, -0.05) is 24.8 Å². The molecular weight excluding hydrogens is 474 g/mol. The summed E-state index contributed by atoms with van der Waals surface area (Å²) < 4.78 is 1.67. The van der Waals surface area contributed by atoms with Crippen molar-refractivity contribution >= 4 is 40.1 Å². The highest BCUT2D eigenvalue weighted by Crippen LogP contribution is 2.31. The number of carbonyl (C=O) groups is 2. The van der Waals surface area contributed by atoms with Crippen molar-refractivity contribution < 1.29 is 9.59 Å². The van der Waals surface area contributed by atoms with Crippen LogP contribution >= 0.6 is 11.3 Å². The van der Waals surface area contributed by atoms with E-state index in [1.807, 2.05) is 56.0 Å². The fourth-order valence-corrected chi connectivity index (χ4v) is 5.46. The first kappa shape index (κ1) is 23.8. The number of hydrogen-bond donors (Lipinski definition) is 1. The number of carbonyl (C=O) groups excluding carboxylic acids is 2. The molecule has 1 fully saturated rings. The average Bonchev–Trinajstić information content (AvgIpc) is 3.51. The molecule has 10 heteroatoms. The molecule has 184 valence electrons. The quantitative estimate of drug-likeness (QED) is 0.432.